The molecule has 0 radical (unpaired) electrons. The molecule has 0 aromatic rings. The summed E-state index contributed by atoms with van der Waals surface area (Å²) in [6.07, 6.45) is 7.09. The van der Waals surface area contributed by atoms with E-state index in [4.69, 9.17) is 0 Å². The molecule has 2 heteroatoms. The average molecular weight is 155 g/mol. The van der Waals surface area contributed by atoms with Gasteiger partial charge in [0, 0.05) is 0 Å². The second-order valence-corrected chi connectivity index (χ2v) is 3.55. The van der Waals surface area contributed by atoms with E-state index >= 15 is 0 Å². The Morgan fingerprint density at radius 2 is 2.09 bits per heavy atom. The molecule has 0 bridgehead atoms. The van der Waals surface area contributed by atoms with Crippen molar-refractivity contribution in [3.63, 3.8) is 0 Å². The predicted molar refractivity (Wildman–Crippen MR) is 46.4 cm³/mol. The third-order valence-electron chi connectivity index (χ3n) is 2.73. The maximum atomic E-state index is 10.3. The lowest BCUT2D eigenvalue weighted by atomic mass is 9.96. The second kappa shape index (κ2) is 4.47. The highest BCUT2D eigenvalue weighted by Crippen LogP contribution is 2.26. The Bertz CT molecular complexity index is 125. The van der Waals surface area contributed by atoms with Crippen LogP contribution in [0.4, 0.5) is 0 Å². The van der Waals surface area contributed by atoms with Gasteiger partial charge in [-0.15, -0.1) is 0 Å². The van der Waals surface area contributed by atoms with Crippen LogP contribution in [0.25, 0.3) is 0 Å². The van der Waals surface area contributed by atoms with Crippen molar-refractivity contribution in [2.24, 2.45) is 11.1 Å². The minimum Gasteiger partial charge on any atom is -0.151 e. The standard InChI is InChI=1S/C9H17NO/c1-2-8-5-3-4-6-9(7-8)10-11/h8-9H,2-7H2,1H3. The zero-order chi connectivity index (χ0) is 8.10. The van der Waals surface area contributed by atoms with Crippen molar-refractivity contribution in [2.45, 2.75) is 51.5 Å². The van der Waals surface area contributed by atoms with Gasteiger partial charge in [0.15, 0.2) is 0 Å². The Morgan fingerprint density at radius 1 is 1.36 bits per heavy atom. The number of nitroso groups, excluding NO2 is 1. The van der Waals surface area contributed by atoms with Gasteiger partial charge in [0.2, 0.25) is 0 Å². The van der Waals surface area contributed by atoms with Crippen molar-refractivity contribution >= 4 is 0 Å². The summed E-state index contributed by atoms with van der Waals surface area (Å²) in [5, 5.41) is 3.16. The van der Waals surface area contributed by atoms with E-state index in [2.05, 4.69) is 12.1 Å². The summed E-state index contributed by atoms with van der Waals surface area (Å²) >= 11 is 0. The lowest BCUT2D eigenvalue weighted by molar-refractivity contribution is 0.421. The fraction of sp³-hybridized carbons (Fsp3) is 1.00. The van der Waals surface area contributed by atoms with Crippen LogP contribution in [-0.2, 0) is 0 Å². The average Bonchev–Trinajstić information content (AvgIpc) is 2.28. The third kappa shape index (κ3) is 2.60. The molecule has 0 saturated heterocycles. The molecule has 2 unspecified atom stereocenters. The van der Waals surface area contributed by atoms with Crippen molar-refractivity contribution in [1.29, 1.82) is 0 Å². The highest BCUT2D eigenvalue weighted by atomic mass is 16.3. The van der Waals surface area contributed by atoms with Crippen LogP contribution < -0.4 is 0 Å². The van der Waals surface area contributed by atoms with E-state index in [1.165, 1.54) is 25.7 Å². The molecule has 64 valence electrons. The van der Waals surface area contributed by atoms with E-state index in [9.17, 15) is 4.91 Å². The lowest BCUT2D eigenvalue weighted by Gasteiger charge is -2.11. The quantitative estimate of drug-likeness (QED) is 0.445. The number of rotatable bonds is 2. The van der Waals surface area contributed by atoms with Crippen molar-refractivity contribution in [1.82, 2.24) is 0 Å². The fourth-order valence-electron chi connectivity index (χ4n) is 1.90. The van der Waals surface area contributed by atoms with Gasteiger partial charge in [-0.25, -0.2) is 0 Å². The van der Waals surface area contributed by atoms with Gasteiger partial charge in [0.05, 0.1) is 6.04 Å². The second-order valence-electron chi connectivity index (χ2n) is 3.55. The molecule has 0 aromatic carbocycles. The third-order valence-corrected chi connectivity index (χ3v) is 2.73. The van der Waals surface area contributed by atoms with E-state index in [-0.39, 0.29) is 6.04 Å². The summed E-state index contributed by atoms with van der Waals surface area (Å²) in [6, 6.07) is 0.127. The molecule has 2 nitrogen and oxygen atoms in total. The topological polar surface area (TPSA) is 29.4 Å². The van der Waals surface area contributed by atoms with Crippen LogP contribution in [0.15, 0.2) is 5.18 Å². The van der Waals surface area contributed by atoms with Gasteiger partial charge in [-0.3, -0.25) is 0 Å². The highest BCUT2D eigenvalue weighted by molar-refractivity contribution is 4.74. The van der Waals surface area contributed by atoms with Gasteiger partial charge in [0.1, 0.15) is 0 Å². The Kier molecular flexibility index (Phi) is 3.53. The molecule has 0 N–H and O–H groups in total. The molecule has 1 fully saturated rings. The van der Waals surface area contributed by atoms with Crippen molar-refractivity contribution < 1.29 is 0 Å². The maximum absolute atomic E-state index is 10.3. The number of nitrogens with zero attached hydrogens (tertiary/aromatic N) is 1. The van der Waals surface area contributed by atoms with E-state index in [0.717, 1.165) is 18.8 Å². The number of hydrogen-bond donors (Lipinski definition) is 0. The summed E-state index contributed by atoms with van der Waals surface area (Å²) in [4.78, 5) is 10.3. The Labute approximate surface area is 68.3 Å². The van der Waals surface area contributed by atoms with Gasteiger partial charge in [-0.1, -0.05) is 37.8 Å². The van der Waals surface area contributed by atoms with Crippen LogP contribution in [0.2, 0.25) is 0 Å². The first-order valence-electron chi connectivity index (χ1n) is 4.69. The molecular formula is C9H17NO. The first kappa shape index (κ1) is 8.69. The minimum absolute atomic E-state index is 0.127. The van der Waals surface area contributed by atoms with Crippen LogP contribution in [0.3, 0.4) is 0 Å². The molecule has 1 aliphatic rings. The Balaban J connectivity index is 2.39. The SMILES string of the molecule is CCC1CCCCC(N=O)C1. The number of hydrogen-bond acceptors (Lipinski definition) is 2. The first-order valence-corrected chi connectivity index (χ1v) is 4.69. The lowest BCUT2D eigenvalue weighted by Crippen LogP contribution is -2.07. The van der Waals surface area contributed by atoms with Crippen LogP contribution in [0.1, 0.15) is 45.4 Å². The van der Waals surface area contributed by atoms with E-state index < -0.39 is 0 Å². The van der Waals surface area contributed by atoms with E-state index in [1.54, 1.807) is 0 Å². The summed E-state index contributed by atoms with van der Waals surface area (Å²) in [6.45, 7) is 2.21. The smallest absolute Gasteiger partial charge is 0.0922 e. The monoisotopic (exact) mass is 155 g/mol. The van der Waals surface area contributed by atoms with Crippen molar-refractivity contribution in [3.8, 4) is 0 Å². The summed E-state index contributed by atoms with van der Waals surface area (Å²) in [5.41, 5.74) is 0. The van der Waals surface area contributed by atoms with Crippen LogP contribution in [0, 0.1) is 10.8 Å². The van der Waals surface area contributed by atoms with Gasteiger partial charge < -0.3 is 0 Å². The van der Waals surface area contributed by atoms with Gasteiger partial charge in [-0.2, -0.15) is 4.91 Å². The molecule has 0 spiro atoms. The van der Waals surface area contributed by atoms with Crippen LogP contribution >= 0.6 is 0 Å². The molecule has 0 amide bonds. The molecule has 1 saturated carbocycles. The summed E-state index contributed by atoms with van der Waals surface area (Å²) < 4.78 is 0. The predicted octanol–water partition coefficient (Wildman–Crippen LogP) is 3.11. The van der Waals surface area contributed by atoms with Gasteiger partial charge >= 0.3 is 0 Å². The molecule has 1 aliphatic carbocycles. The van der Waals surface area contributed by atoms with Gasteiger partial charge in [-0.05, 0) is 18.8 Å². The molecule has 0 aliphatic heterocycles. The maximum Gasteiger partial charge on any atom is 0.0922 e. The molecular weight excluding hydrogens is 138 g/mol. The van der Waals surface area contributed by atoms with Crippen molar-refractivity contribution in [3.05, 3.63) is 4.91 Å². The summed E-state index contributed by atoms with van der Waals surface area (Å²) in [5.74, 6) is 0.764. The van der Waals surface area contributed by atoms with E-state index in [1.807, 2.05) is 0 Å². The van der Waals surface area contributed by atoms with Crippen LogP contribution in [-0.4, -0.2) is 6.04 Å². The minimum atomic E-state index is 0.127. The normalized spacial score (nSPS) is 32.8. The Morgan fingerprint density at radius 3 is 2.73 bits per heavy atom. The van der Waals surface area contributed by atoms with Crippen molar-refractivity contribution in [2.75, 3.05) is 0 Å². The van der Waals surface area contributed by atoms with Gasteiger partial charge in [0.25, 0.3) is 0 Å². The van der Waals surface area contributed by atoms with Crippen LogP contribution in [0.5, 0.6) is 0 Å². The first-order chi connectivity index (χ1) is 5.36. The fourth-order valence-corrected chi connectivity index (χ4v) is 1.90. The highest BCUT2D eigenvalue weighted by Gasteiger charge is 2.18. The Hall–Kier alpha value is -0.400. The molecule has 0 aromatic heterocycles. The zero-order valence-electron chi connectivity index (χ0n) is 7.25. The van der Waals surface area contributed by atoms with E-state index in [0.29, 0.717) is 0 Å². The largest absolute Gasteiger partial charge is 0.151 e. The molecule has 2 atom stereocenters. The molecule has 1 rings (SSSR count). The molecule has 0 heterocycles. The zero-order valence-corrected chi connectivity index (χ0v) is 7.25. The molecule has 11 heavy (non-hydrogen) atoms. The summed E-state index contributed by atoms with van der Waals surface area (Å²) in [7, 11) is 0.